The number of para-hydroxylation sites is 1. The lowest BCUT2D eigenvalue weighted by atomic mass is 10.1. The van der Waals surface area contributed by atoms with Crippen LogP contribution in [0, 0.1) is 19.8 Å². The van der Waals surface area contributed by atoms with Crippen LogP contribution in [0.3, 0.4) is 0 Å². The van der Waals surface area contributed by atoms with E-state index in [2.05, 4.69) is 79.2 Å². The van der Waals surface area contributed by atoms with Crippen LogP contribution in [-0.4, -0.2) is 10.6 Å². The van der Waals surface area contributed by atoms with Gasteiger partial charge in [-0.25, -0.2) is 0 Å². The fourth-order valence-corrected chi connectivity index (χ4v) is 4.63. The highest BCUT2D eigenvalue weighted by atomic mass is 32.2. The second-order valence-corrected chi connectivity index (χ2v) is 8.58. The number of thiol groups is 1. The molecular formula is C21H27N3S2. The predicted molar refractivity (Wildman–Crippen MR) is 117 cm³/mol. The molecule has 5 heteroatoms. The van der Waals surface area contributed by atoms with Crippen molar-refractivity contribution >= 4 is 41.2 Å². The quantitative estimate of drug-likeness (QED) is 0.300. The van der Waals surface area contributed by atoms with E-state index in [0.717, 1.165) is 27.6 Å². The highest BCUT2D eigenvalue weighted by molar-refractivity contribution is 7.98. The monoisotopic (exact) mass is 385 g/mol. The Morgan fingerprint density at radius 2 is 1.92 bits per heavy atom. The van der Waals surface area contributed by atoms with E-state index in [9.17, 15) is 0 Å². The van der Waals surface area contributed by atoms with Gasteiger partial charge in [0.05, 0.1) is 4.90 Å². The lowest BCUT2D eigenvalue weighted by molar-refractivity contribution is 0.416. The van der Waals surface area contributed by atoms with E-state index >= 15 is 0 Å². The van der Waals surface area contributed by atoms with Crippen molar-refractivity contribution in [2.75, 3.05) is 5.73 Å². The zero-order valence-electron chi connectivity index (χ0n) is 15.8. The average molecular weight is 386 g/mol. The molecule has 1 heterocycles. The van der Waals surface area contributed by atoms with Gasteiger partial charge in [-0.2, -0.15) is 0 Å². The van der Waals surface area contributed by atoms with Crippen molar-refractivity contribution in [1.29, 1.82) is 0 Å². The molecule has 0 spiro atoms. The summed E-state index contributed by atoms with van der Waals surface area (Å²) in [7, 11) is 0. The largest absolute Gasteiger partial charge is 0.398 e. The first-order valence-corrected chi connectivity index (χ1v) is 10.2. The zero-order chi connectivity index (χ0) is 18.8. The van der Waals surface area contributed by atoms with E-state index in [0.29, 0.717) is 12.0 Å². The van der Waals surface area contributed by atoms with Crippen LogP contribution in [0.2, 0.25) is 0 Å². The van der Waals surface area contributed by atoms with Gasteiger partial charge in [0.1, 0.15) is 0 Å². The standard InChI is InChI=1S/C21H27N3S2/c1-13(2)18(23-26-21-17(22)9-14(3)10-20(21)25)12-24-11-15(4)16-7-5-6-8-19(16)24/h5-11,13,18,23,25H,12,22H2,1-4H3. The van der Waals surface area contributed by atoms with E-state index in [-0.39, 0.29) is 0 Å². The molecule has 1 aromatic heterocycles. The fourth-order valence-electron chi connectivity index (χ4n) is 3.20. The van der Waals surface area contributed by atoms with Crippen molar-refractivity contribution < 1.29 is 0 Å². The molecule has 26 heavy (non-hydrogen) atoms. The molecule has 0 fully saturated rings. The van der Waals surface area contributed by atoms with Crippen molar-refractivity contribution in [1.82, 2.24) is 9.29 Å². The first-order chi connectivity index (χ1) is 12.4. The summed E-state index contributed by atoms with van der Waals surface area (Å²) in [6.45, 7) is 9.61. The predicted octanol–water partition coefficient (Wildman–Crippen LogP) is 5.45. The van der Waals surface area contributed by atoms with Crippen molar-refractivity contribution in [2.45, 2.75) is 50.1 Å². The van der Waals surface area contributed by atoms with Crippen molar-refractivity contribution in [2.24, 2.45) is 5.92 Å². The molecule has 3 rings (SSSR count). The summed E-state index contributed by atoms with van der Waals surface area (Å²) >= 11 is 6.18. The Hall–Kier alpha value is -1.56. The molecule has 0 aliphatic heterocycles. The van der Waals surface area contributed by atoms with Gasteiger partial charge in [-0.3, -0.25) is 4.72 Å². The molecule has 3 N–H and O–H groups in total. The van der Waals surface area contributed by atoms with Crippen LogP contribution < -0.4 is 10.5 Å². The summed E-state index contributed by atoms with van der Waals surface area (Å²) in [5.41, 5.74) is 10.7. The number of hydrogen-bond donors (Lipinski definition) is 3. The van der Waals surface area contributed by atoms with Gasteiger partial charge in [0.15, 0.2) is 0 Å². The first-order valence-electron chi connectivity index (χ1n) is 8.92. The van der Waals surface area contributed by atoms with E-state index in [4.69, 9.17) is 5.73 Å². The Morgan fingerprint density at radius 3 is 2.62 bits per heavy atom. The maximum Gasteiger partial charge on any atom is 0.0591 e. The molecule has 138 valence electrons. The lowest BCUT2D eigenvalue weighted by Crippen LogP contribution is -2.33. The number of aryl methyl sites for hydroxylation is 2. The van der Waals surface area contributed by atoms with Gasteiger partial charge in [-0.15, -0.1) is 12.6 Å². The SMILES string of the molecule is Cc1cc(N)c(SNC(Cn2cc(C)c3ccccc32)C(C)C)c(S)c1. The third-order valence-electron chi connectivity index (χ3n) is 4.74. The Bertz CT molecular complexity index is 892. The molecule has 3 nitrogen and oxygen atoms in total. The molecule has 0 bridgehead atoms. The minimum Gasteiger partial charge on any atom is -0.398 e. The van der Waals surface area contributed by atoms with Crippen molar-refractivity contribution in [3.63, 3.8) is 0 Å². The van der Waals surface area contributed by atoms with Crippen LogP contribution >= 0.6 is 24.6 Å². The number of anilines is 1. The molecule has 1 unspecified atom stereocenters. The molecule has 0 saturated carbocycles. The van der Waals surface area contributed by atoms with Gasteiger partial charge < -0.3 is 10.3 Å². The topological polar surface area (TPSA) is 43.0 Å². The van der Waals surface area contributed by atoms with Gasteiger partial charge in [0, 0.05) is 40.3 Å². The second-order valence-electron chi connectivity index (χ2n) is 7.25. The van der Waals surface area contributed by atoms with Gasteiger partial charge in [0.2, 0.25) is 0 Å². The number of nitrogens with two attached hydrogens (primary N) is 1. The Labute approximate surface area is 165 Å². The van der Waals surface area contributed by atoms with Crippen LogP contribution in [0.4, 0.5) is 5.69 Å². The summed E-state index contributed by atoms with van der Waals surface area (Å²) in [4.78, 5) is 1.92. The number of benzene rings is 2. The number of hydrogen-bond acceptors (Lipinski definition) is 4. The van der Waals surface area contributed by atoms with Gasteiger partial charge in [-0.1, -0.05) is 32.0 Å². The molecule has 3 aromatic rings. The molecule has 0 aliphatic rings. The fraction of sp³-hybridized carbons (Fsp3) is 0.333. The van der Waals surface area contributed by atoms with E-state index in [1.165, 1.54) is 16.5 Å². The van der Waals surface area contributed by atoms with Crippen LogP contribution in [0.1, 0.15) is 25.0 Å². The summed E-state index contributed by atoms with van der Waals surface area (Å²) < 4.78 is 5.98. The van der Waals surface area contributed by atoms with Gasteiger partial charge >= 0.3 is 0 Å². The smallest absolute Gasteiger partial charge is 0.0591 e. The molecule has 0 radical (unpaired) electrons. The summed E-state index contributed by atoms with van der Waals surface area (Å²) in [6.07, 6.45) is 2.25. The highest BCUT2D eigenvalue weighted by Gasteiger charge is 2.17. The van der Waals surface area contributed by atoms with Crippen molar-refractivity contribution in [3.8, 4) is 0 Å². The summed E-state index contributed by atoms with van der Waals surface area (Å²) in [5, 5.41) is 1.32. The Balaban J connectivity index is 1.80. The van der Waals surface area contributed by atoms with Crippen LogP contribution in [0.5, 0.6) is 0 Å². The number of fused-ring (bicyclic) bond motifs is 1. The number of aromatic nitrogens is 1. The minimum absolute atomic E-state index is 0.309. The molecule has 0 saturated heterocycles. The number of rotatable bonds is 6. The maximum atomic E-state index is 6.20. The van der Waals surface area contributed by atoms with Crippen molar-refractivity contribution in [3.05, 3.63) is 53.7 Å². The Morgan fingerprint density at radius 1 is 1.19 bits per heavy atom. The molecule has 1 atom stereocenters. The van der Waals surface area contributed by atoms with Crippen LogP contribution in [0.15, 0.2) is 52.4 Å². The van der Waals surface area contributed by atoms with E-state index in [1.54, 1.807) is 11.9 Å². The first kappa shape index (κ1) is 19.2. The third kappa shape index (κ3) is 4.05. The summed E-state index contributed by atoms with van der Waals surface area (Å²) in [6, 6.07) is 12.9. The minimum atomic E-state index is 0.309. The number of nitrogen functional groups attached to an aromatic ring is 1. The third-order valence-corrected chi connectivity index (χ3v) is 6.33. The Kier molecular flexibility index (Phi) is 5.90. The normalized spacial score (nSPS) is 12.8. The van der Waals surface area contributed by atoms with E-state index < -0.39 is 0 Å². The lowest BCUT2D eigenvalue weighted by Gasteiger charge is -2.24. The number of nitrogens with zero attached hydrogens (tertiary/aromatic N) is 1. The highest BCUT2D eigenvalue weighted by Crippen LogP contribution is 2.32. The molecule has 0 amide bonds. The van der Waals surface area contributed by atoms with Gasteiger partial charge in [0.25, 0.3) is 0 Å². The maximum absolute atomic E-state index is 6.20. The van der Waals surface area contributed by atoms with Crippen LogP contribution in [0.25, 0.3) is 10.9 Å². The second kappa shape index (κ2) is 7.99. The summed E-state index contributed by atoms with van der Waals surface area (Å²) in [5.74, 6) is 0.485. The zero-order valence-corrected chi connectivity index (χ0v) is 17.5. The molecule has 2 aromatic carbocycles. The van der Waals surface area contributed by atoms with Crippen LogP contribution in [-0.2, 0) is 6.54 Å². The number of nitrogens with one attached hydrogen (secondary N) is 1. The molecular weight excluding hydrogens is 358 g/mol. The van der Waals surface area contributed by atoms with Gasteiger partial charge in [-0.05, 0) is 61.0 Å². The van der Waals surface area contributed by atoms with E-state index in [1.807, 2.05) is 13.0 Å². The molecule has 0 aliphatic carbocycles. The average Bonchev–Trinajstić information content (AvgIpc) is 2.89.